The van der Waals surface area contributed by atoms with E-state index in [1.54, 1.807) is 6.07 Å². The summed E-state index contributed by atoms with van der Waals surface area (Å²) in [4.78, 5) is 12.1. The molecule has 0 fully saturated rings. The second-order valence-corrected chi connectivity index (χ2v) is 8.23. The summed E-state index contributed by atoms with van der Waals surface area (Å²) in [5, 5.41) is 0. The summed E-state index contributed by atoms with van der Waals surface area (Å²) in [6, 6.07) is 18.2. The molecule has 0 aliphatic carbocycles. The van der Waals surface area contributed by atoms with Gasteiger partial charge in [-0.2, -0.15) is 8.42 Å². The van der Waals surface area contributed by atoms with Crippen molar-refractivity contribution >= 4 is 16.1 Å². The highest BCUT2D eigenvalue weighted by Crippen LogP contribution is 2.30. The minimum absolute atomic E-state index is 0.0561. The van der Waals surface area contributed by atoms with Gasteiger partial charge < -0.3 is 13.7 Å². The number of aryl methyl sites for hydroxylation is 2. The summed E-state index contributed by atoms with van der Waals surface area (Å²) in [5.74, 6) is -0.224. The van der Waals surface area contributed by atoms with Gasteiger partial charge in [0, 0.05) is 0 Å². The molecule has 6 nitrogen and oxygen atoms in total. The first-order valence-electron chi connectivity index (χ1n) is 9.21. The Morgan fingerprint density at radius 2 is 1.53 bits per heavy atom. The Hall–Kier alpha value is -3.32. The van der Waals surface area contributed by atoms with Crippen LogP contribution >= 0.6 is 0 Å². The summed E-state index contributed by atoms with van der Waals surface area (Å²) in [7, 11) is -2.71. The van der Waals surface area contributed by atoms with E-state index in [2.05, 4.69) is 0 Å². The molecule has 0 saturated heterocycles. The number of esters is 1. The Morgan fingerprint density at radius 3 is 2.17 bits per heavy atom. The van der Waals surface area contributed by atoms with Crippen molar-refractivity contribution in [2.75, 3.05) is 7.11 Å². The average Bonchev–Trinajstić information content (AvgIpc) is 2.74. The molecule has 0 bridgehead atoms. The van der Waals surface area contributed by atoms with Gasteiger partial charge in [-0.15, -0.1) is 0 Å². The number of rotatable bonds is 7. The first kappa shape index (κ1) is 21.4. The van der Waals surface area contributed by atoms with Gasteiger partial charge in [-0.05, 0) is 66.9 Å². The zero-order valence-corrected chi connectivity index (χ0v) is 17.7. The monoisotopic (exact) mass is 426 g/mol. The maximum absolute atomic E-state index is 12.7. The van der Waals surface area contributed by atoms with Crippen LogP contribution < -0.4 is 8.92 Å². The third-order valence-electron chi connectivity index (χ3n) is 4.56. The lowest BCUT2D eigenvalue weighted by Gasteiger charge is -2.13. The van der Waals surface area contributed by atoms with Gasteiger partial charge in [-0.25, -0.2) is 4.79 Å². The van der Waals surface area contributed by atoms with Crippen LogP contribution in [-0.4, -0.2) is 21.5 Å². The topological polar surface area (TPSA) is 78.9 Å². The fourth-order valence-corrected chi connectivity index (χ4v) is 3.91. The van der Waals surface area contributed by atoms with Crippen LogP contribution in [0.25, 0.3) is 0 Å². The molecule has 3 aromatic carbocycles. The first-order valence-corrected chi connectivity index (χ1v) is 10.6. The van der Waals surface area contributed by atoms with Gasteiger partial charge in [0.15, 0.2) is 0 Å². The Balaban J connectivity index is 1.72. The molecular formula is C23H22O6S. The standard InChI is InChI=1S/C23H22O6S/c1-16-13-21(27-3)22(14-17(16)2)30(25,26)29-20-11-9-19(10-12-20)23(24)28-15-18-7-5-4-6-8-18/h4-14H,15H2,1-3H3. The van der Waals surface area contributed by atoms with Crippen molar-refractivity contribution in [3.05, 3.63) is 89.0 Å². The fraction of sp³-hybridized carbons (Fsp3) is 0.174. The normalized spacial score (nSPS) is 11.0. The van der Waals surface area contributed by atoms with Crippen LogP contribution in [0.4, 0.5) is 0 Å². The molecule has 0 aliphatic heterocycles. The highest BCUT2D eigenvalue weighted by Gasteiger charge is 2.23. The minimum Gasteiger partial charge on any atom is -0.495 e. The van der Waals surface area contributed by atoms with E-state index in [1.165, 1.54) is 37.4 Å². The quantitative estimate of drug-likeness (QED) is 0.411. The number of ether oxygens (including phenoxy) is 2. The summed E-state index contributed by atoms with van der Waals surface area (Å²) in [6.45, 7) is 3.83. The summed E-state index contributed by atoms with van der Waals surface area (Å²) in [5.41, 5.74) is 2.87. The van der Waals surface area contributed by atoms with Gasteiger partial charge in [-0.3, -0.25) is 0 Å². The van der Waals surface area contributed by atoms with Gasteiger partial charge in [-0.1, -0.05) is 30.3 Å². The maximum atomic E-state index is 12.7. The summed E-state index contributed by atoms with van der Waals surface area (Å²) >= 11 is 0. The number of carbonyl (C=O) groups is 1. The molecule has 0 saturated carbocycles. The van der Waals surface area contributed by atoms with Crippen LogP contribution in [-0.2, 0) is 21.5 Å². The Labute approximate surface area is 176 Å². The predicted octanol–water partition coefficient (Wildman–Crippen LogP) is 4.44. The molecule has 0 aromatic heterocycles. The maximum Gasteiger partial charge on any atom is 0.342 e. The highest BCUT2D eigenvalue weighted by atomic mass is 32.2. The molecule has 0 amide bonds. The van der Waals surface area contributed by atoms with Crippen LogP contribution in [0.15, 0.2) is 71.6 Å². The molecule has 156 valence electrons. The molecule has 0 unspecified atom stereocenters. The SMILES string of the molecule is COc1cc(C)c(C)cc1S(=O)(=O)Oc1ccc(C(=O)OCc2ccccc2)cc1. The Morgan fingerprint density at radius 1 is 0.900 bits per heavy atom. The second kappa shape index (κ2) is 9.00. The zero-order valence-electron chi connectivity index (χ0n) is 16.9. The van der Waals surface area contributed by atoms with Crippen LogP contribution in [0.3, 0.4) is 0 Å². The van der Waals surface area contributed by atoms with Crippen molar-refractivity contribution in [1.29, 1.82) is 0 Å². The van der Waals surface area contributed by atoms with Crippen LogP contribution in [0.5, 0.6) is 11.5 Å². The van der Waals surface area contributed by atoms with Gasteiger partial charge in [0.25, 0.3) is 0 Å². The van der Waals surface area contributed by atoms with Crippen LogP contribution in [0, 0.1) is 13.8 Å². The highest BCUT2D eigenvalue weighted by molar-refractivity contribution is 7.87. The van der Waals surface area contributed by atoms with Crippen molar-refractivity contribution in [2.45, 2.75) is 25.3 Å². The van der Waals surface area contributed by atoms with Crippen molar-refractivity contribution in [3.8, 4) is 11.5 Å². The molecule has 3 rings (SSSR count). The fourth-order valence-electron chi connectivity index (χ4n) is 2.74. The van der Waals surface area contributed by atoms with E-state index >= 15 is 0 Å². The lowest BCUT2D eigenvalue weighted by Crippen LogP contribution is -2.12. The molecule has 0 radical (unpaired) electrons. The van der Waals surface area contributed by atoms with E-state index in [-0.39, 0.29) is 23.0 Å². The van der Waals surface area contributed by atoms with Gasteiger partial charge in [0.2, 0.25) is 0 Å². The predicted molar refractivity (Wildman–Crippen MR) is 112 cm³/mol. The first-order chi connectivity index (χ1) is 14.3. The van der Waals surface area contributed by atoms with E-state index in [4.69, 9.17) is 13.7 Å². The number of methoxy groups -OCH3 is 1. The van der Waals surface area contributed by atoms with E-state index in [0.717, 1.165) is 16.7 Å². The molecule has 0 heterocycles. The molecule has 3 aromatic rings. The van der Waals surface area contributed by atoms with E-state index in [9.17, 15) is 13.2 Å². The van der Waals surface area contributed by atoms with E-state index in [0.29, 0.717) is 5.56 Å². The van der Waals surface area contributed by atoms with Crippen molar-refractivity contribution in [2.24, 2.45) is 0 Å². The Bertz CT molecular complexity index is 1140. The van der Waals surface area contributed by atoms with Gasteiger partial charge in [0.1, 0.15) is 23.0 Å². The molecule has 0 atom stereocenters. The second-order valence-electron chi connectivity index (χ2n) is 6.71. The van der Waals surface area contributed by atoms with Crippen LogP contribution in [0.1, 0.15) is 27.0 Å². The number of hydrogen-bond donors (Lipinski definition) is 0. The van der Waals surface area contributed by atoms with Crippen LogP contribution in [0.2, 0.25) is 0 Å². The molecule has 0 N–H and O–H groups in total. The largest absolute Gasteiger partial charge is 0.495 e. The summed E-state index contributed by atoms with van der Waals surface area (Å²) < 4.78 is 41.2. The minimum atomic E-state index is -4.12. The lowest BCUT2D eigenvalue weighted by atomic mass is 10.1. The molecule has 0 aliphatic rings. The van der Waals surface area contributed by atoms with Crippen molar-refractivity contribution in [1.82, 2.24) is 0 Å². The third-order valence-corrected chi connectivity index (χ3v) is 5.83. The molecular weight excluding hydrogens is 404 g/mol. The van der Waals surface area contributed by atoms with Gasteiger partial charge in [0.05, 0.1) is 12.7 Å². The van der Waals surface area contributed by atoms with Crippen molar-refractivity contribution in [3.63, 3.8) is 0 Å². The molecule has 7 heteroatoms. The summed E-state index contributed by atoms with van der Waals surface area (Å²) in [6.07, 6.45) is 0. The third kappa shape index (κ3) is 4.99. The van der Waals surface area contributed by atoms with Crippen molar-refractivity contribution < 1.29 is 26.9 Å². The lowest BCUT2D eigenvalue weighted by molar-refractivity contribution is 0.0472. The van der Waals surface area contributed by atoms with E-state index < -0.39 is 16.1 Å². The van der Waals surface area contributed by atoms with E-state index in [1.807, 2.05) is 44.2 Å². The number of benzene rings is 3. The number of carbonyl (C=O) groups excluding carboxylic acids is 1. The zero-order chi connectivity index (χ0) is 21.7. The Kier molecular flexibility index (Phi) is 6.42. The average molecular weight is 426 g/mol. The number of hydrogen-bond acceptors (Lipinski definition) is 6. The smallest absolute Gasteiger partial charge is 0.342 e. The molecule has 30 heavy (non-hydrogen) atoms. The van der Waals surface area contributed by atoms with Gasteiger partial charge >= 0.3 is 16.1 Å². The molecule has 0 spiro atoms.